The van der Waals surface area contributed by atoms with Crippen molar-refractivity contribution in [3.8, 4) is 5.75 Å². The van der Waals surface area contributed by atoms with Gasteiger partial charge in [-0.05, 0) is 38.0 Å². The van der Waals surface area contributed by atoms with Gasteiger partial charge < -0.3 is 10.5 Å². The zero-order valence-electron chi connectivity index (χ0n) is 12.1. The molecule has 2 rings (SSSR count). The van der Waals surface area contributed by atoms with Crippen molar-refractivity contribution in [2.75, 3.05) is 0 Å². The third kappa shape index (κ3) is 3.36. The van der Waals surface area contributed by atoms with Crippen molar-refractivity contribution in [1.29, 1.82) is 0 Å². The van der Waals surface area contributed by atoms with Crippen molar-refractivity contribution in [2.24, 2.45) is 5.73 Å². The fraction of sp³-hybridized carbons (Fsp3) is 0.294. The molecule has 2 aromatic rings. The summed E-state index contributed by atoms with van der Waals surface area (Å²) in [5.41, 5.74) is 10.1. The summed E-state index contributed by atoms with van der Waals surface area (Å²) in [5.74, 6) is 0.200. The average Bonchev–Trinajstić information content (AvgIpc) is 2.39. The van der Waals surface area contributed by atoms with Crippen molar-refractivity contribution >= 4 is 0 Å². The Morgan fingerprint density at radius 1 is 1.15 bits per heavy atom. The van der Waals surface area contributed by atoms with Gasteiger partial charge >= 0.3 is 0 Å². The number of halogens is 1. The maximum Gasteiger partial charge on any atom is 0.127 e. The Hall–Kier alpha value is -1.87. The molecule has 0 fully saturated rings. The summed E-state index contributed by atoms with van der Waals surface area (Å²) in [5, 5.41) is 0. The van der Waals surface area contributed by atoms with Gasteiger partial charge in [-0.15, -0.1) is 0 Å². The van der Waals surface area contributed by atoms with Gasteiger partial charge in [0.1, 0.15) is 18.2 Å². The van der Waals surface area contributed by atoms with E-state index in [1.54, 1.807) is 6.07 Å². The van der Waals surface area contributed by atoms with Crippen LogP contribution in [0.3, 0.4) is 0 Å². The molecule has 2 nitrogen and oxygen atoms in total. The zero-order valence-corrected chi connectivity index (χ0v) is 12.1. The summed E-state index contributed by atoms with van der Waals surface area (Å²) < 4.78 is 19.1. The van der Waals surface area contributed by atoms with Crippen LogP contribution >= 0.6 is 0 Å². The van der Waals surface area contributed by atoms with E-state index in [2.05, 4.69) is 18.2 Å². The highest BCUT2D eigenvalue weighted by Gasteiger charge is 2.10. The number of hydrogen-bond donors (Lipinski definition) is 1. The molecule has 106 valence electrons. The number of rotatable bonds is 4. The summed E-state index contributed by atoms with van der Waals surface area (Å²) in [6.07, 6.45) is 0. The minimum Gasteiger partial charge on any atom is -0.488 e. The number of ether oxygens (including phenoxy) is 1. The Labute approximate surface area is 119 Å². The lowest BCUT2D eigenvalue weighted by molar-refractivity contribution is 0.299. The second-order valence-electron chi connectivity index (χ2n) is 5.19. The van der Waals surface area contributed by atoms with Crippen molar-refractivity contribution in [1.82, 2.24) is 0 Å². The van der Waals surface area contributed by atoms with Crippen LogP contribution < -0.4 is 10.5 Å². The monoisotopic (exact) mass is 273 g/mol. The topological polar surface area (TPSA) is 35.2 Å². The predicted octanol–water partition coefficient (Wildman–Crippen LogP) is 4.04. The third-order valence-corrected chi connectivity index (χ3v) is 3.35. The van der Waals surface area contributed by atoms with Gasteiger partial charge in [0.25, 0.3) is 0 Å². The maximum absolute atomic E-state index is 13.4. The highest BCUT2D eigenvalue weighted by atomic mass is 19.1. The highest BCUT2D eigenvalue weighted by Crippen LogP contribution is 2.26. The van der Waals surface area contributed by atoms with E-state index in [1.165, 1.54) is 17.7 Å². The Bertz CT molecular complexity index is 608. The van der Waals surface area contributed by atoms with E-state index in [0.717, 1.165) is 16.7 Å². The van der Waals surface area contributed by atoms with E-state index in [1.807, 2.05) is 20.8 Å². The first-order chi connectivity index (χ1) is 9.47. The second-order valence-corrected chi connectivity index (χ2v) is 5.19. The second kappa shape index (κ2) is 6.06. The summed E-state index contributed by atoms with van der Waals surface area (Å²) in [7, 11) is 0. The molecule has 0 aromatic heterocycles. The molecule has 0 saturated carbocycles. The SMILES string of the molecule is Cc1ccc(C)c(COc2cc(F)ccc2[C@H](C)N)c1. The van der Waals surface area contributed by atoms with Gasteiger partial charge in [-0.2, -0.15) is 0 Å². The van der Waals surface area contributed by atoms with Crippen LogP contribution in [0.5, 0.6) is 5.75 Å². The molecule has 0 amide bonds. The van der Waals surface area contributed by atoms with Crippen LogP contribution in [-0.2, 0) is 6.61 Å². The minimum absolute atomic E-state index is 0.191. The molecule has 0 unspecified atom stereocenters. The molecular weight excluding hydrogens is 253 g/mol. The molecule has 0 heterocycles. The lowest BCUT2D eigenvalue weighted by Gasteiger charge is -2.15. The molecule has 1 atom stereocenters. The zero-order chi connectivity index (χ0) is 14.7. The third-order valence-electron chi connectivity index (χ3n) is 3.35. The van der Waals surface area contributed by atoms with Gasteiger partial charge in [0.05, 0.1) is 0 Å². The molecule has 0 radical (unpaired) electrons. The lowest BCUT2D eigenvalue weighted by Crippen LogP contribution is -2.09. The molecule has 0 aliphatic carbocycles. The van der Waals surface area contributed by atoms with E-state index in [0.29, 0.717) is 12.4 Å². The Balaban J connectivity index is 2.22. The van der Waals surface area contributed by atoms with Crippen LogP contribution in [0.1, 0.15) is 35.2 Å². The molecule has 0 spiro atoms. The van der Waals surface area contributed by atoms with E-state index in [-0.39, 0.29) is 11.9 Å². The summed E-state index contributed by atoms with van der Waals surface area (Å²) in [6, 6.07) is 10.5. The fourth-order valence-electron chi connectivity index (χ4n) is 2.12. The summed E-state index contributed by atoms with van der Waals surface area (Å²) in [6.45, 7) is 6.35. The van der Waals surface area contributed by atoms with E-state index in [4.69, 9.17) is 10.5 Å². The first kappa shape index (κ1) is 14.5. The van der Waals surface area contributed by atoms with Crippen LogP contribution in [0.4, 0.5) is 4.39 Å². The van der Waals surface area contributed by atoms with Crippen LogP contribution in [0.2, 0.25) is 0 Å². The normalized spacial score (nSPS) is 12.2. The van der Waals surface area contributed by atoms with Gasteiger partial charge in [-0.25, -0.2) is 4.39 Å². The van der Waals surface area contributed by atoms with Gasteiger partial charge in [0, 0.05) is 17.7 Å². The van der Waals surface area contributed by atoms with E-state index < -0.39 is 0 Å². The first-order valence-electron chi connectivity index (χ1n) is 6.71. The van der Waals surface area contributed by atoms with Crippen LogP contribution in [0, 0.1) is 19.7 Å². The van der Waals surface area contributed by atoms with Crippen LogP contribution in [0.15, 0.2) is 36.4 Å². The average molecular weight is 273 g/mol. The molecule has 2 N–H and O–H groups in total. The van der Waals surface area contributed by atoms with Gasteiger partial charge in [0.15, 0.2) is 0 Å². The fourth-order valence-corrected chi connectivity index (χ4v) is 2.12. The van der Waals surface area contributed by atoms with E-state index >= 15 is 0 Å². The Morgan fingerprint density at radius 3 is 2.60 bits per heavy atom. The number of nitrogens with two attached hydrogens (primary N) is 1. The Morgan fingerprint density at radius 2 is 1.90 bits per heavy atom. The molecule has 0 bridgehead atoms. The first-order valence-corrected chi connectivity index (χ1v) is 6.71. The molecule has 3 heteroatoms. The van der Waals surface area contributed by atoms with Gasteiger partial charge in [-0.1, -0.05) is 29.8 Å². The lowest BCUT2D eigenvalue weighted by atomic mass is 10.1. The molecule has 2 aromatic carbocycles. The number of hydrogen-bond acceptors (Lipinski definition) is 2. The van der Waals surface area contributed by atoms with Gasteiger partial charge in [0.2, 0.25) is 0 Å². The minimum atomic E-state index is -0.314. The van der Waals surface area contributed by atoms with Crippen molar-refractivity contribution in [3.63, 3.8) is 0 Å². The van der Waals surface area contributed by atoms with Crippen molar-refractivity contribution < 1.29 is 9.13 Å². The molecular formula is C17H20FNO. The predicted molar refractivity (Wildman–Crippen MR) is 79.3 cm³/mol. The van der Waals surface area contributed by atoms with Crippen molar-refractivity contribution in [3.05, 3.63) is 64.5 Å². The summed E-state index contributed by atoms with van der Waals surface area (Å²) in [4.78, 5) is 0. The standard InChI is InChI=1S/C17H20FNO/c1-11-4-5-12(2)14(8-11)10-20-17-9-15(18)6-7-16(17)13(3)19/h4-9,13H,10,19H2,1-3H3/t13-/m0/s1. The number of aryl methyl sites for hydroxylation is 2. The van der Waals surface area contributed by atoms with Gasteiger partial charge in [-0.3, -0.25) is 0 Å². The van der Waals surface area contributed by atoms with Crippen LogP contribution in [0.25, 0.3) is 0 Å². The number of benzene rings is 2. The molecule has 0 saturated heterocycles. The molecule has 20 heavy (non-hydrogen) atoms. The molecule has 0 aliphatic heterocycles. The largest absolute Gasteiger partial charge is 0.488 e. The highest BCUT2D eigenvalue weighted by molar-refractivity contribution is 5.37. The smallest absolute Gasteiger partial charge is 0.127 e. The van der Waals surface area contributed by atoms with Crippen LogP contribution in [-0.4, -0.2) is 0 Å². The van der Waals surface area contributed by atoms with E-state index in [9.17, 15) is 4.39 Å². The quantitative estimate of drug-likeness (QED) is 0.912. The Kier molecular flexibility index (Phi) is 4.40. The summed E-state index contributed by atoms with van der Waals surface area (Å²) >= 11 is 0. The maximum atomic E-state index is 13.4. The van der Waals surface area contributed by atoms with Crippen molar-refractivity contribution in [2.45, 2.75) is 33.4 Å². The molecule has 0 aliphatic rings.